The quantitative estimate of drug-likeness (QED) is 0.863. The Balaban J connectivity index is 2.41. The topological polar surface area (TPSA) is 51.1 Å². The molecular weight excluding hydrogens is 271 g/mol. The van der Waals surface area contributed by atoms with Crippen LogP contribution in [0.2, 0.25) is 5.28 Å². The molecule has 0 spiro atoms. The lowest BCUT2D eigenvalue weighted by molar-refractivity contribution is 0.378. The molecular formula is C12H12ClFN4O. The number of benzene rings is 1. The summed E-state index contributed by atoms with van der Waals surface area (Å²) in [6, 6.07) is 6.16. The smallest absolute Gasteiger partial charge is 0.322 e. The van der Waals surface area contributed by atoms with Crippen molar-refractivity contribution < 1.29 is 9.13 Å². The van der Waals surface area contributed by atoms with E-state index in [0.29, 0.717) is 12.5 Å². The lowest BCUT2D eigenvalue weighted by Crippen LogP contribution is -2.19. The first-order chi connectivity index (χ1) is 9.13. The predicted octanol–water partition coefficient (Wildman–Crippen LogP) is 2.83. The van der Waals surface area contributed by atoms with Gasteiger partial charge in [-0.2, -0.15) is 15.0 Å². The molecule has 0 N–H and O–H groups in total. The third-order valence-corrected chi connectivity index (χ3v) is 2.62. The second-order valence-corrected chi connectivity index (χ2v) is 3.95. The number of halogens is 2. The van der Waals surface area contributed by atoms with Gasteiger partial charge in [-0.25, -0.2) is 4.39 Å². The van der Waals surface area contributed by atoms with E-state index in [2.05, 4.69) is 15.0 Å². The van der Waals surface area contributed by atoms with Gasteiger partial charge in [-0.05, 0) is 42.8 Å². The first-order valence-electron chi connectivity index (χ1n) is 5.62. The zero-order valence-electron chi connectivity index (χ0n) is 10.5. The van der Waals surface area contributed by atoms with Gasteiger partial charge in [-0.3, -0.25) is 0 Å². The third kappa shape index (κ3) is 3.08. The maximum atomic E-state index is 12.9. The standard InChI is InChI=1S/C12H12ClFN4O/c1-3-18(9-6-4-8(14)5-7-9)11-15-10(13)16-12(17-11)19-2/h4-7H,3H2,1-2H3. The Hall–Kier alpha value is -1.95. The van der Waals surface area contributed by atoms with Gasteiger partial charge in [0.2, 0.25) is 11.2 Å². The number of hydrogen-bond acceptors (Lipinski definition) is 5. The van der Waals surface area contributed by atoms with Gasteiger partial charge in [0.25, 0.3) is 0 Å². The summed E-state index contributed by atoms with van der Waals surface area (Å²) in [6.07, 6.45) is 0. The molecule has 100 valence electrons. The van der Waals surface area contributed by atoms with Crippen molar-refractivity contribution in [2.45, 2.75) is 6.92 Å². The van der Waals surface area contributed by atoms with Gasteiger partial charge in [-0.1, -0.05) is 0 Å². The van der Waals surface area contributed by atoms with Gasteiger partial charge < -0.3 is 9.64 Å². The highest BCUT2D eigenvalue weighted by Crippen LogP contribution is 2.24. The van der Waals surface area contributed by atoms with Crippen molar-refractivity contribution in [3.05, 3.63) is 35.4 Å². The van der Waals surface area contributed by atoms with Crippen LogP contribution in [-0.2, 0) is 0 Å². The molecule has 0 unspecified atom stereocenters. The van der Waals surface area contributed by atoms with E-state index in [-0.39, 0.29) is 17.1 Å². The first kappa shape index (κ1) is 13.5. The molecule has 0 saturated carbocycles. The second kappa shape index (κ2) is 5.79. The monoisotopic (exact) mass is 282 g/mol. The molecule has 19 heavy (non-hydrogen) atoms. The summed E-state index contributed by atoms with van der Waals surface area (Å²) in [5.41, 5.74) is 0.758. The van der Waals surface area contributed by atoms with Crippen molar-refractivity contribution in [3.63, 3.8) is 0 Å². The Morgan fingerprint density at radius 2 is 1.89 bits per heavy atom. The number of aromatic nitrogens is 3. The second-order valence-electron chi connectivity index (χ2n) is 3.61. The summed E-state index contributed by atoms with van der Waals surface area (Å²) in [4.78, 5) is 13.8. The summed E-state index contributed by atoms with van der Waals surface area (Å²) in [6.45, 7) is 2.52. The predicted molar refractivity (Wildman–Crippen MR) is 70.5 cm³/mol. The molecule has 5 nitrogen and oxygen atoms in total. The number of rotatable bonds is 4. The molecule has 2 aromatic rings. The van der Waals surface area contributed by atoms with Crippen LogP contribution in [0.4, 0.5) is 16.0 Å². The maximum Gasteiger partial charge on any atom is 0.322 e. The minimum atomic E-state index is -0.300. The van der Waals surface area contributed by atoms with Gasteiger partial charge in [0.05, 0.1) is 7.11 Å². The lowest BCUT2D eigenvalue weighted by Gasteiger charge is -2.20. The molecule has 0 aliphatic rings. The van der Waals surface area contributed by atoms with Crippen LogP contribution < -0.4 is 9.64 Å². The van der Waals surface area contributed by atoms with Crippen LogP contribution in [0, 0.1) is 5.82 Å². The highest BCUT2D eigenvalue weighted by Gasteiger charge is 2.13. The van der Waals surface area contributed by atoms with Crippen LogP contribution >= 0.6 is 11.6 Å². The van der Waals surface area contributed by atoms with E-state index in [9.17, 15) is 4.39 Å². The van der Waals surface area contributed by atoms with Crippen molar-refractivity contribution in [1.82, 2.24) is 15.0 Å². The normalized spacial score (nSPS) is 10.3. The van der Waals surface area contributed by atoms with Gasteiger partial charge in [0.15, 0.2) is 0 Å². The van der Waals surface area contributed by atoms with Gasteiger partial charge in [0, 0.05) is 12.2 Å². The number of methoxy groups -OCH3 is 1. The van der Waals surface area contributed by atoms with Crippen molar-refractivity contribution in [3.8, 4) is 6.01 Å². The Morgan fingerprint density at radius 1 is 1.21 bits per heavy atom. The average Bonchev–Trinajstić information content (AvgIpc) is 2.41. The number of nitrogens with zero attached hydrogens (tertiary/aromatic N) is 4. The fraction of sp³-hybridized carbons (Fsp3) is 0.250. The molecule has 0 aliphatic carbocycles. The molecule has 1 aromatic carbocycles. The van der Waals surface area contributed by atoms with Crippen molar-refractivity contribution >= 4 is 23.2 Å². The van der Waals surface area contributed by atoms with Gasteiger partial charge >= 0.3 is 6.01 Å². The summed E-state index contributed by atoms with van der Waals surface area (Å²) in [7, 11) is 1.45. The van der Waals surface area contributed by atoms with E-state index in [0.717, 1.165) is 5.69 Å². The molecule has 0 bridgehead atoms. The molecule has 0 fully saturated rings. The van der Waals surface area contributed by atoms with Crippen LogP contribution in [0.5, 0.6) is 6.01 Å². The van der Waals surface area contributed by atoms with Crippen molar-refractivity contribution in [2.24, 2.45) is 0 Å². The Kier molecular flexibility index (Phi) is 4.11. The highest BCUT2D eigenvalue weighted by atomic mass is 35.5. The zero-order valence-corrected chi connectivity index (χ0v) is 11.2. The molecule has 0 radical (unpaired) electrons. The third-order valence-electron chi connectivity index (χ3n) is 2.45. The molecule has 1 aromatic heterocycles. The van der Waals surface area contributed by atoms with E-state index in [1.165, 1.54) is 19.2 Å². The maximum absolute atomic E-state index is 12.9. The van der Waals surface area contributed by atoms with Crippen LogP contribution in [0.15, 0.2) is 24.3 Å². The summed E-state index contributed by atoms with van der Waals surface area (Å²) in [5.74, 6) is 0.0528. The number of hydrogen-bond donors (Lipinski definition) is 0. The van der Waals surface area contributed by atoms with E-state index in [1.54, 1.807) is 17.0 Å². The molecule has 0 amide bonds. The van der Waals surface area contributed by atoms with E-state index in [4.69, 9.17) is 16.3 Å². The minimum Gasteiger partial charge on any atom is -0.467 e. The minimum absolute atomic E-state index is 0.0439. The molecule has 7 heteroatoms. The first-order valence-corrected chi connectivity index (χ1v) is 6.00. The zero-order chi connectivity index (χ0) is 13.8. The van der Waals surface area contributed by atoms with Crippen LogP contribution in [0.3, 0.4) is 0 Å². The SMILES string of the molecule is CCN(c1ccc(F)cc1)c1nc(Cl)nc(OC)n1. The van der Waals surface area contributed by atoms with Gasteiger partial charge in [0.1, 0.15) is 5.82 Å². The molecule has 0 saturated heterocycles. The largest absolute Gasteiger partial charge is 0.467 e. The highest BCUT2D eigenvalue weighted by molar-refractivity contribution is 6.28. The van der Waals surface area contributed by atoms with Crippen molar-refractivity contribution in [2.75, 3.05) is 18.6 Å². The van der Waals surface area contributed by atoms with E-state index in [1.807, 2.05) is 6.92 Å². The van der Waals surface area contributed by atoms with E-state index >= 15 is 0 Å². The molecule has 1 heterocycles. The van der Waals surface area contributed by atoms with E-state index < -0.39 is 0 Å². The average molecular weight is 283 g/mol. The molecule has 2 rings (SSSR count). The number of anilines is 2. The van der Waals surface area contributed by atoms with Crippen molar-refractivity contribution in [1.29, 1.82) is 0 Å². The Bertz CT molecular complexity index is 564. The summed E-state index contributed by atoms with van der Waals surface area (Å²) >= 11 is 5.81. The molecule has 0 aliphatic heterocycles. The fourth-order valence-corrected chi connectivity index (χ4v) is 1.74. The molecule has 0 atom stereocenters. The van der Waals surface area contributed by atoms with Crippen LogP contribution in [-0.4, -0.2) is 28.6 Å². The Morgan fingerprint density at radius 3 is 2.47 bits per heavy atom. The van der Waals surface area contributed by atoms with Crippen LogP contribution in [0.1, 0.15) is 6.92 Å². The summed E-state index contributed by atoms with van der Waals surface area (Å²) < 4.78 is 17.9. The van der Waals surface area contributed by atoms with Gasteiger partial charge in [-0.15, -0.1) is 0 Å². The fourth-order valence-electron chi connectivity index (χ4n) is 1.59. The summed E-state index contributed by atoms with van der Waals surface area (Å²) in [5, 5.41) is 0.0439. The number of ether oxygens (including phenoxy) is 1. The Labute approximate surface area is 115 Å². The van der Waals surface area contributed by atoms with Crippen LogP contribution in [0.25, 0.3) is 0 Å². The lowest BCUT2D eigenvalue weighted by atomic mass is 10.3.